The standard InChI is InChI=1S/C18H15N3O9S2.Na/c1-21-16(30-18(23)11-5-3-2-4-6-11)10-14(20-21)17(22)19-13-9-12(31(24,25)26)7-8-15(13)32(27,28)29;/h2-10H,1H3,(H,19,22)(H,24,25,26)(H,27,28,29);/q;+1/p-1. The molecule has 0 aliphatic heterocycles. The van der Waals surface area contributed by atoms with Crippen molar-refractivity contribution in [1.82, 2.24) is 9.78 Å². The maximum absolute atomic E-state index is 12.5. The van der Waals surface area contributed by atoms with Crippen molar-refractivity contribution in [3.8, 4) is 5.88 Å². The molecular formula is C18H14N3NaO9S2. The molecule has 12 nitrogen and oxygen atoms in total. The summed E-state index contributed by atoms with van der Waals surface area (Å²) in [6.45, 7) is 0. The number of carbonyl (C=O) groups excluding carboxylic acids is 1. The molecule has 0 saturated carbocycles. The van der Waals surface area contributed by atoms with E-state index in [9.17, 15) is 31.3 Å². The van der Waals surface area contributed by atoms with Gasteiger partial charge in [-0.05, 0) is 30.3 Å². The largest absolute Gasteiger partial charge is 1.00 e. The molecular weight excluding hydrogens is 489 g/mol. The van der Waals surface area contributed by atoms with E-state index in [1.165, 1.54) is 19.2 Å². The normalized spacial score (nSPS) is 12.2. The van der Waals surface area contributed by atoms with E-state index in [1.54, 1.807) is 18.2 Å². The van der Waals surface area contributed by atoms with E-state index in [0.29, 0.717) is 18.2 Å². The molecule has 0 fully saturated rings. The third-order valence-corrected chi connectivity index (χ3v) is 5.74. The maximum Gasteiger partial charge on any atom is 1.00 e. The van der Waals surface area contributed by atoms with Crippen LogP contribution in [0.25, 0.3) is 0 Å². The first-order valence-corrected chi connectivity index (χ1v) is 11.4. The molecule has 2 N–H and O–H groups in total. The van der Waals surface area contributed by atoms with E-state index >= 15 is 0 Å². The molecule has 3 rings (SSSR count). The zero-order chi connectivity index (χ0) is 23.7. The molecule has 15 heteroatoms. The molecule has 168 valence electrons. The number of carbonyl (C=O) groups is 1. The smallest absolute Gasteiger partial charge is 0.857 e. The summed E-state index contributed by atoms with van der Waals surface area (Å²) in [5, 5.41) is 16.3. The van der Waals surface area contributed by atoms with Gasteiger partial charge in [0.2, 0.25) is 5.88 Å². The molecule has 1 heterocycles. The molecule has 0 bridgehead atoms. The Morgan fingerprint density at radius 2 is 1.67 bits per heavy atom. The van der Waals surface area contributed by atoms with Gasteiger partial charge in [-0.1, -0.05) is 18.2 Å². The van der Waals surface area contributed by atoms with Gasteiger partial charge in [0.1, 0.15) is 4.90 Å². The average Bonchev–Trinajstić information content (AvgIpc) is 3.07. The summed E-state index contributed by atoms with van der Waals surface area (Å²) < 4.78 is 70.4. The predicted octanol–water partition coefficient (Wildman–Crippen LogP) is -2.42. The molecule has 0 aliphatic carbocycles. The monoisotopic (exact) mass is 503 g/mol. The Morgan fingerprint density at radius 3 is 2.24 bits per heavy atom. The number of hydrogen-bond acceptors (Lipinski definition) is 9. The van der Waals surface area contributed by atoms with Gasteiger partial charge >= 0.3 is 35.5 Å². The molecule has 33 heavy (non-hydrogen) atoms. The second-order valence-corrected chi connectivity index (χ2v) is 9.06. The summed E-state index contributed by atoms with van der Waals surface area (Å²) in [5.41, 5.74) is -0.880. The topological polar surface area (TPSA) is 188 Å². The van der Waals surface area contributed by atoms with E-state index in [0.717, 1.165) is 10.7 Å². The van der Waals surface area contributed by atoms with Crippen molar-refractivity contribution in [2.75, 3.05) is 0 Å². The van der Waals surface area contributed by atoms with Gasteiger partial charge in [0.15, 0.2) is 0 Å². The van der Waals surface area contributed by atoms with Gasteiger partial charge in [0.25, 0.3) is 20.2 Å². The van der Waals surface area contributed by atoms with Gasteiger partial charge in [-0.15, -0.1) is 0 Å². The van der Waals surface area contributed by atoms with Crippen LogP contribution >= 0.6 is 0 Å². The second kappa shape index (κ2) is 10.1. The number of nitrogens with zero attached hydrogens (tertiary/aromatic N) is 3. The number of aliphatic imine (C=N–C) groups is 1. The first-order chi connectivity index (χ1) is 14.9. The van der Waals surface area contributed by atoms with Crippen LogP contribution < -0.4 is 39.4 Å². The zero-order valence-electron chi connectivity index (χ0n) is 17.1. The number of esters is 1. The number of hydrogen-bond donors (Lipinski definition) is 2. The first-order valence-electron chi connectivity index (χ1n) is 8.52. The predicted molar refractivity (Wildman–Crippen MR) is 107 cm³/mol. The Morgan fingerprint density at radius 1 is 1.03 bits per heavy atom. The second-order valence-electron chi connectivity index (χ2n) is 6.24. The fraction of sp³-hybridized carbons (Fsp3) is 0.0556. The van der Waals surface area contributed by atoms with Crippen molar-refractivity contribution in [3.05, 3.63) is 65.9 Å². The molecule has 0 unspecified atom stereocenters. The van der Waals surface area contributed by atoms with Crippen LogP contribution in [0.2, 0.25) is 0 Å². The van der Waals surface area contributed by atoms with Crippen LogP contribution in [0.5, 0.6) is 5.88 Å². The number of aromatic nitrogens is 2. The minimum absolute atomic E-state index is 0. The number of rotatable bonds is 6. The summed E-state index contributed by atoms with van der Waals surface area (Å²) in [7, 11) is -8.28. The van der Waals surface area contributed by atoms with Crippen molar-refractivity contribution < 1.29 is 70.1 Å². The fourth-order valence-corrected chi connectivity index (χ4v) is 3.62. The van der Waals surface area contributed by atoms with Crippen molar-refractivity contribution in [2.45, 2.75) is 9.79 Å². The van der Waals surface area contributed by atoms with Crippen LogP contribution in [0.4, 0.5) is 5.69 Å². The molecule has 2 aromatic carbocycles. The third kappa shape index (κ3) is 6.48. The Hall–Kier alpha value is -2.59. The van der Waals surface area contributed by atoms with Gasteiger partial charge < -0.3 is 9.84 Å². The minimum Gasteiger partial charge on any atom is -0.857 e. The molecule has 0 spiro atoms. The van der Waals surface area contributed by atoms with Gasteiger partial charge in [0, 0.05) is 19.0 Å². The summed E-state index contributed by atoms with van der Waals surface area (Å²) in [4.78, 5) is 14.0. The van der Waals surface area contributed by atoms with E-state index in [1.807, 2.05) is 0 Å². The van der Waals surface area contributed by atoms with Gasteiger partial charge in [-0.3, -0.25) is 14.1 Å². The van der Waals surface area contributed by atoms with E-state index in [-0.39, 0.29) is 46.7 Å². The van der Waals surface area contributed by atoms with Crippen molar-refractivity contribution in [2.24, 2.45) is 12.0 Å². The van der Waals surface area contributed by atoms with Crippen molar-refractivity contribution in [1.29, 1.82) is 0 Å². The van der Waals surface area contributed by atoms with Crippen molar-refractivity contribution in [3.63, 3.8) is 0 Å². The SMILES string of the molecule is Cn1nc(C([O-])=Nc2cc(S(=O)(=O)O)ccc2S(=O)(=O)O)cc1OC(=O)c1ccccc1.[Na+]. The Balaban J connectivity index is 0.00000385. The van der Waals surface area contributed by atoms with Crippen LogP contribution in [0, 0.1) is 0 Å². The van der Waals surface area contributed by atoms with E-state index in [2.05, 4.69) is 10.1 Å². The number of benzene rings is 2. The molecule has 0 aliphatic rings. The molecule has 1 aromatic heterocycles. The van der Waals surface area contributed by atoms with Crippen LogP contribution in [0.15, 0.2) is 69.4 Å². The molecule has 0 saturated heterocycles. The number of ether oxygens (including phenoxy) is 1. The summed E-state index contributed by atoms with van der Waals surface area (Å²) in [6.07, 6.45) is 0. The van der Waals surface area contributed by atoms with Gasteiger partial charge in [-0.2, -0.15) is 21.9 Å². The maximum atomic E-state index is 12.5. The van der Waals surface area contributed by atoms with Gasteiger partial charge in [-0.25, -0.2) is 9.48 Å². The fourth-order valence-electron chi connectivity index (χ4n) is 2.51. The Kier molecular flexibility index (Phi) is 8.18. The number of aryl methyl sites for hydroxylation is 1. The third-order valence-electron chi connectivity index (χ3n) is 3.99. The van der Waals surface area contributed by atoms with Crippen molar-refractivity contribution >= 4 is 37.8 Å². The van der Waals surface area contributed by atoms with Crippen LogP contribution in [0.1, 0.15) is 16.1 Å². The van der Waals surface area contributed by atoms with E-state index < -0.39 is 47.6 Å². The molecule has 0 atom stereocenters. The summed E-state index contributed by atoms with van der Waals surface area (Å²) in [5.74, 6) is -1.99. The summed E-state index contributed by atoms with van der Waals surface area (Å²) in [6, 6.07) is 11.0. The van der Waals surface area contributed by atoms with Crippen LogP contribution in [-0.4, -0.2) is 47.6 Å². The minimum atomic E-state index is -4.89. The molecule has 0 radical (unpaired) electrons. The molecule has 0 amide bonds. The molecule has 3 aromatic rings. The van der Waals surface area contributed by atoms with Crippen LogP contribution in [-0.2, 0) is 27.3 Å². The zero-order valence-corrected chi connectivity index (χ0v) is 20.7. The first kappa shape index (κ1) is 26.7. The average molecular weight is 503 g/mol. The van der Waals surface area contributed by atoms with Gasteiger partial charge in [0.05, 0.1) is 21.8 Å². The van der Waals surface area contributed by atoms with E-state index in [4.69, 9.17) is 9.29 Å². The Bertz CT molecular complexity index is 1430. The van der Waals surface area contributed by atoms with Crippen LogP contribution in [0.3, 0.4) is 0 Å². The quantitative estimate of drug-likeness (QED) is 0.120. The summed E-state index contributed by atoms with van der Waals surface area (Å²) >= 11 is 0. The Labute approximate surface area is 210 Å².